The van der Waals surface area contributed by atoms with Crippen LogP contribution in [0.5, 0.6) is 5.75 Å². The quantitative estimate of drug-likeness (QED) is 0.573. The summed E-state index contributed by atoms with van der Waals surface area (Å²) in [6, 6.07) is 8.15. The Balaban J connectivity index is 2.28. The first-order chi connectivity index (χ1) is 9.90. The highest BCUT2D eigenvalue weighted by atomic mass is 35.5. The summed E-state index contributed by atoms with van der Waals surface area (Å²) in [7, 11) is 0. The summed E-state index contributed by atoms with van der Waals surface area (Å²) in [6.07, 6.45) is -0.609. The molecule has 0 saturated carbocycles. The lowest BCUT2D eigenvalue weighted by Gasteiger charge is -2.17. The van der Waals surface area contributed by atoms with Gasteiger partial charge in [-0.1, -0.05) is 29.3 Å². The van der Waals surface area contributed by atoms with Crippen LogP contribution in [-0.4, -0.2) is 4.92 Å². The first-order valence-electron chi connectivity index (χ1n) is 5.94. The maximum absolute atomic E-state index is 13.8. The maximum atomic E-state index is 13.8. The second kappa shape index (κ2) is 6.28. The second-order valence-electron chi connectivity index (χ2n) is 4.27. The van der Waals surface area contributed by atoms with Crippen molar-refractivity contribution in [1.82, 2.24) is 0 Å². The normalized spacial score (nSPS) is 12.0. The van der Waals surface area contributed by atoms with Crippen molar-refractivity contribution in [2.75, 3.05) is 0 Å². The molecule has 0 amide bonds. The van der Waals surface area contributed by atoms with E-state index in [1.165, 1.54) is 12.1 Å². The van der Waals surface area contributed by atoms with Crippen LogP contribution in [0.4, 0.5) is 10.1 Å². The van der Waals surface area contributed by atoms with Crippen molar-refractivity contribution in [3.63, 3.8) is 0 Å². The van der Waals surface area contributed by atoms with Gasteiger partial charge in [-0.05, 0) is 25.1 Å². The SMILES string of the molecule is CC(Oc1ccc([N+](=O)[O-])cc1F)c1c(Cl)cccc1Cl. The van der Waals surface area contributed by atoms with Crippen LogP contribution in [0.3, 0.4) is 0 Å². The zero-order valence-electron chi connectivity index (χ0n) is 10.8. The summed E-state index contributed by atoms with van der Waals surface area (Å²) in [4.78, 5) is 9.88. The third kappa shape index (κ3) is 3.43. The largest absolute Gasteiger partial charge is 0.483 e. The van der Waals surface area contributed by atoms with E-state index < -0.39 is 16.8 Å². The van der Waals surface area contributed by atoms with Gasteiger partial charge in [0.2, 0.25) is 0 Å². The van der Waals surface area contributed by atoms with E-state index in [-0.39, 0.29) is 11.4 Å². The van der Waals surface area contributed by atoms with Crippen molar-refractivity contribution in [3.8, 4) is 5.75 Å². The van der Waals surface area contributed by atoms with Crippen LogP contribution in [0.2, 0.25) is 10.0 Å². The average Bonchev–Trinajstić information content (AvgIpc) is 2.40. The molecule has 0 saturated heterocycles. The van der Waals surface area contributed by atoms with Gasteiger partial charge in [0.15, 0.2) is 11.6 Å². The summed E-state index contributed by atoms with van der Waals surface area (Å²) in [6.45, 7) is 1.66. The zero-order valence-corrected chi connectivity index (χ0v) is 12.4. The van der Waals surface area contributed by atoms with E-state index in [4.69, 9.17) is 27.9 Å². The molecular formula is C14H10Cl2FNO3. The molecule has 4 nitrogen and oxygen atoms in total. The van der Waals surface area contributed by atoms with Gasteiger partial charge >= 0.3 is 0 Å². The van der Waals surface area contributed by atoms with Crippen LogP contribution in [0.1, 0.15) is 18.6 Å². The van der Waals surface area contributed by atoms with Gasteiger partial charge in [-0.3, -0.25) is 10.1 Å². The number of hydrogen-bond donors (Lipinski definition) is 0. The lowest BCUT2D eigenvalue weighted by Crippen LogP contribution is -2.06. The van der Waals surface area contributed by atoms with Gasteiger partial charge in [-0.25, -0.2) is 4.39 Å². The fourth-order valence-corrected chi connectivity index (χ4v) is 2.55. The van der Waals surface area contributed by atoms with Crippen LogP contribution < -0.4 is 4.74 Å². The van der Waals surface area contributed by atoms with E-state index in [1.807, 2.05) is 0 Å². The monoisotopic (exact) mass is 329 g/mol. The molecule has 0 heterocycles. The van der Waals surface area contributed by atoms with Crippen molar-refractivity contribution >= 4 is 28.9 Å². The van der Waals surface area contributed by atoms with E-state index in [1.54, 1.807) is 25.1 Å². The first kappa shape index (κ1) is 15.5. The summed E-state index contributed by atoms with van der Waals surface area (Å²) in [5, 5.41) is 11.4. The third-order valence-electron chi connectivity index (χ3n) is 2.84. The molecule has 1 unspecified atom stereocenters. The van der Waals surface area contributed by atoms with Crippen molar-refractivity contribution in [1.29, 1.82) is 0 Å². The van der Waals surface area contributed by atoms with Crippen molar-refractivity contribution in [3.05, 3.63) is 67.9 Å². The highest BCUT2D eigenvalue weighted by Gasteiger charge is 2.18. The number of nitro groups is 1. The first-order valence-corrected chi connectivity index (χ1v) is 6.70. The Hall–Kier alpha value is -1.85. The predicted molar refractivity (Wildman–Crippen MR) is 78.6 cm³/mol. The lowest BCUT2D eigenvalue weighted by molar-refractivity contribution is -0.385. The molecule has 2 rings (SSSR count). The highest BCUT2D eigenvalue weighted by Crippen LogP contribution is 2.34. The number of nitrogens with zero attached hydrogens (tertiary/aromatic N) is 1. The molecule has 110 valence electrons. The molecule has 2 aromatic carbocycles. The minimum absolute atomic E-state index is 0.107. The molecule has 0 N–H and O–H groups in total. The van der Waals surface area contributed by atoms with Gasteiger partial charge in [0.1, 0.15) is 6.10 Å². The number of ether oxygens (including phenoxy) is 1. The van der Waals surface area contributed by atoms with Gasteiger partial charge in [0.05, 0.1) is 11.0 Å². The minimum atomic E-state index is -0.820. The number of halogens is 3. The van der Waals surface area contributed by atoms with Gasteiger partial charge < -0.3 is 4.74 Å². The van der Waals surface area contributed by atoms with E-state index in [0.717, 1.165) is 6.07 Å². The molecular weight excluding hydrogens is 320 g/mol. The molecule has 0 fully saturated rings. The number of hydrogen-bond acceptors (Lipinski definition) is 3. The van der Waals surface area contributed by atoms with Crippen LogP contribution >= 0.6 is 23.2 Å². The van der Waals surface area contributed by atoms with Crippen molar-refractivity contribution in [2.24, 2.45) is 0 Å². The Morgan fingerprint density at radius 3 is 2.38 bits per heavy atom. The van der Waals surface area contributed by atoms with E-state index in [2.05, 4.69) is 0 Å². The molecule has 0 aliphatic rings. The van der Waals surface area contributed by atoms with Crippen molar-refractivity contribution in [2.45, 2.75) is 13.0 Å². The average molecular weight is 330 g/mol. The van der Waals surface area contributed by atoms with Crippen LogP contribution in [0, 0.1) is 15.9 Å². The Labute approximate surface area is 130 Å². The van der Waals surface area contributed by atoms with Gasteiger partial charge in [0.25, 0.3) is 5.69 Å². The third-order valence-corrected chi connectivity index (χ3v) is 3.50. The topological polar surface area (TPSA) is 52.4 Å². The molecule has 1 atom stereocenters. The molecule has 0 bridgehead atoms. The van der Waals surface area contributed by atoms with Crippen LogP contribution in [-0.2, 0) is 0 Å². The second-order valence-corrected chi connectivity index (χ2v) is 5.08. The maximum Gasteiger partial charge on any atom is 0.272 e. The Morgan fingerprint density at radius 2 is 1.86 bits per heavy atom. The molecule has 21 heavy (non-hydrogen) atoms. The van der Waals surface area contributed by atoms with E-state index >= 15 is 0 Å². The molecule has 0 aliphatic heterocycles. The van der Waals surface area contributed by atoms with Gasteiger partial charge in [-0.15, -0.1) is 0 Å². The lowest BCUT2D eigenvalue weighted by atomic mass is 10.1. The number of rotatable bonds is 4. The highest BCUT2D eigenvalue weighted by molar-refractivity contribution is 6.36. The summed E-state index contributed by atoms with van der Waals surface area (Å²) in [5.41, 5.74) is 0.182. The number of nitro benzene ring substituents is 1. The summed E-state index contributed by atoms with van der Waals surface area (Å²) < 4.78 is 19.3. The molecule has 0 aliphatic carbocycles. The molecule has 2 aromatic rings. The standard InChI is InChI=1S/C14H10Cl2FNO3/c1-8(14-10(15)3-2-4-11(14)16)21-13-6-5-9(18(19)20)7-12(13)17/h2-8H,1H3. The Bertz CT molecular complexity index is 674. The number of non-ortho nitro benzene ring substituents is 1. The molecule has 0 spiro atoms. The molecule has 0 aromatic heterocycles. The van der Waals surface area contributed by atoms with Gasteiger partial charge in [0, 0.05) is 21.7 Å². The fraction of sp³-hybridized carbons (Fsp3) is 0.143. The molecule has 7 heteroatoms. The minimum Gasteiger partial charge on any atom is -0.483 e. The van der Waals surface area contributed by atoms with Crippen LogP contribution in [0.25, 0.3) is 0 Å². The smallest absolute Gasteiger partial charge is 0.272 e. The molecule has 0 radical (unpaired) electrons. The predicted octanol–water partition coefficient (Wildman–Crippen LogP) is 5.18. The fourth-order valence-electron chi connectivity index (χ4n) is 1.85. The summed E-state index contributed by atoms with van der Waals surface area (Å²) >= 11 is 12.1. The summed E-state index contributed by atoms with van der Waals surface area (Å²) in [5.74, 6) is -0.927. The Kier molecular flexibility index (Phi) is 4.65. The number of benzene rings is 2. The van der Waals surface area contributed by atoms with Gasteiger partial charge in [-0.2, -0.15) is 0 Å². The van der Waals surface area contributed by atoms with Crippen molar-refractivity contribution < 1.29 is 14.1 Å². The van der Waals surface area contributed by atoms with E-state index in [0.29, 0.717) is 15.6 Å². The van der Waals surface area contributed by atoms with Crippen LogP contribution in [0.15, 0.2) is 36.4 Å². The van der Waals surface area contributed by atoms with E-state index in [9.17, 15) is 14.5 Å². The zero-order chi connectivity index (χ0) is 15.6. The Morgan fingerprint density at radius 1 is 1.24 bits per heavy atom.